The SMILES string of the molecule is CCC(CC)CN(CC)c1nc2c(cc1CN)CCCC2. The van der Waals surface area contributed by atoms with Crippen LogP contribution in [0.2, 0.25) is 0 Å². The molecule has 0 spiro atoms. The normalized spacial score (nSPS) is 14.3. The summed E-state index contributed by atoms with van der Waals surface area (Å²) in [4.78, 5) is 7.46. The Balaban J connectivity index is 2.30. The molecule has 3 nitrogen and oxygen atoms in total. The van der Waals surface area contributed by atoms with Crippen molar-refractivity contribution in [2.75, 3.05) is 18.0 Å². The van der Waals surface area contributed by atoms with Crippen molar-refractivity contribution in [3.05, 3.63) is 22.9 Å². The molecule has 1 aromatic rings. The van der Waals surface area contributed by atoms with Gasteiger partial charge in [-0.15, -0.1) is 0 Å². The van der Waals surface area contributed by atoms with Gasteiger partial charge in [-0.25, -0.2) is 4.98 Å². The average molecular weight is 289 g/mol. The Kier molecular flexibility index (Phi) is 6.04. The van der Waals surface area contributed by atoms with E-state index in [0.29, 0.717) is 6.54 Å². The van der Waals surface area contributed by atoms with Crippen LogP contribution in [-0.4, -0.2) is 18.1 Å². The van der Waals surface area contributed by atoms with E-state index in [1.54, 1.807) is 0 Å². The summed E-state index contributed by atoms with van der Waals surface area (Å²) in [5, 5.41) is 0. The Morgan fingerprint density at radius 1 is 1.19 bits per heavy atom. The van der Waals surface area contributed by atoms with E-state index < -0.39 is 0 Å². The zero-order valence-corrected chi connectivity index (χ0v) is 14.0. The highest BCUT2D eigenvalue weighted by molar-refractivity contribution is 5.50. The maximum Gasteiger partial charge on any atom is 0.133 e. The molecule has 2 rings (SSSR count). The van der Waals surface area contributed by atoms with Crippen LogP contribution in [0.25, 0.3) is 0 Å². The van der Waals surface area contributed by atoms with Gasteiger partial charge in [-0.1, -0.05) is 26.7 Å². The minimum atomic E-state index is 0.592. The summed E-state index contributed by atoms with van der Waals surface area (Å²) in [5.74, 6) is 1.89. The van der Waals surface area contributed by atoms with Crippen LogP contribution in [-0.2, 0) is 19.4 Å². The molecule has 0 bridgehead atoms. The summed E-state index contributed by atoms with van der Waals surface area (Å²) in [7, 11) is 0. The molecular formula is C18H31N3. The zero-order valence-electron chi connectivity index (χ0n) is 14.0. The van der Waals surface area contributed by atoms with Crippen molar-refractivity contribution in [1.82, 2.24) is 4.98 Å². The second-order valence-corrected chi connectivity index (χ2v) is 6.21. The monoisotopic (exact) mass is 289 g/mol. The summed E-state index contributed by atoms with van der Waals surface area (Å²) < 4.78 is 0. The number of rotatable bonds is 7. The van der Waals surface area contributed by atoms with Gasteiger partial charge < -0.3 is 10.6 Å². The minimum Gasteiger partial charge on any atom is -0.356 e. The largest absolute Gasteiger partial charge is 0.356 e. The summed E-state index contributed by atoms with van der Waals surface area (Å²) >= 11 is 0. The Morgan fingerprint density at radius 3 is 2.52 bits per heavy atom. The standard InChI is InChI=1S/C18H31N3/c1-4-14(5-2)13-21(6-3)18-16(12-19)11-15-9-7-8-10-17(15)20-18/h11,14H,4-10,12-13,19H2,1-3H3. The maximum atomic E-state index is 6.01. The van der Waals surface area contributed by atoms with Crippen molar-refractivity contribution in [2.45, 2.75) is 65.8 Å². The fourth-order valence-corrected chi connectivity index (χ4v) is 3.32. The third-order valence-electron chi connectivity index (χ3n) is 4.89. The highest BCUT2D eigenvalue weighted by Gasteiger charge is 2.19. The van der Waals surface area contributed by atoms with Crippen molar-refractivity contribution in [3.8, 4) is 0 Å². The number of anilines is 1. The van der Waals surface area contributed by atoms with E-state index in [1.165, 1.54) is 48.9 Å². The van der Waals surface area contributed by atoms with Crippen molar-refractivity contribution in [2.24, 2.45) is 11.7 Å². The molecule has 0 saturated carbocycles. The third-order valence-corrected chi connectivity index (χ3v) is 4.89. The van der Waals surface area contributed by atoms with Gasteiger partial charge in [-0.2, -0.15) is 0 Å². The molecule has 0 atom stereocenters. The molecular weight excluding hydrogens is 258 g/mol. The van der Waals surface area contributed by atoms with E-state index in [9.17, 15) is 0 Å². The lowest BCUT2D eigenvalue weighted by molar-refractivity contribution is 0.483. The molecule has 21 heavy (non-hydrogen) atoms. The Morgan fingerprint density at radius 2 is 1.90 bits per heavy atom. The first-order chi connectivity index (χ1) is 10.2. The molecule has 118 valence electrons. The quantitative estimate of drug-likeness (QED) is 0.832. The summed E-state index contributed by atoms with van der Waals surface area (Å²) in [6.45, 7) is 9.49. The van der Waals surface area contributed by atoms with Gasteiger partial charge in [-0.05, 0) is 50.2 Å². The van der Waals surface area contributed by atoms with E-state index in [4.69, 9.17) is 10.7 Å². The number of hydrogen-bond acceptors (Lipinski definition) is 3. The predicted octanol–water partition coefficient (Wildman–Crippen LogP) is 3.68. The second kappa shape index (κ2) is 7.79. The van der Waals surface area contributed by atoms with Crippen LogP contribution in [0.3, 0.4) is 0 Å². The van der Waals surface area contributed by atoms with E-state index in [2.05, 4.69) is 31.7 Å². The number of nitrogens with two attached hydrogens (primary N) is 1. The number of fused-ring (bicyclic) bond motifs is 1. The number of aromatic nitrogens is 1. The highest BCUT2D eigenvalue weighted by Crippen LogP contribution is 2.27. The van der Waals surface area contributed by atoms with Gasteiger partial charge in [0.25, 0.3) is 0 Å². The Labute approximate surface area is 129 Å². The zero-order chi connectivity index (χ0) is 15.2. The third kappa shape index (κ3) is 3.76. The van der Waals surface area contributed by atoms with E-state index in [1.807, 2.05) is 0 Å². The summed E-state index contributed by atoms with van der Waals surface area (Å²) in [6.07, 6.45) is 7.35. The molecule has 0 fully saturated rings. The lowest BCUT2D eigenvalue weighted by Gasteiger charge is -2.30. The lowest BCUT2D eigenvalue weighted by atomic mass is 9.94. The number of nitrogens with zero attached hydrogens (tertiary/aromatic N) is 2. The van der Waals surface area contributed by atoms with Gasteiger partial charge in [0.2, 0.25) is 0 Å². The lowest BCUT2D eigenvalue weighted by Crippen LogP contribution is -2.31. The molecule has 0 unspecified atom stereocenters. The highest BCUT2D eigenvalue weighted by atomic mass is 15.2. The van der Waals surface area contributed by atoms with E-state index in [-0.39, 0.29) is 0 Å². The van der Waals surface area contributed by atoms with Gasteiger partial charge in [0.05, 0.1) is 0 Å². The van der Waals surface area contributed by atoms with Gasteiger partial charge in [0.1, 0.15) is 5.82 Å². The summed E-state index contributed by atoms with van der Waals surface area (Å²) in [6, 6.07) is 2.33. The fourth-order valence-electron chi connectivity index (χ4n) is 3.32. The first-order valence-corrected chi connectivity index (χ1v) is 8.70. The molecule has 1 aromatic heterocycles. The van der Waals surface area contributed by atoms with E-state index in [0.717, 1.165) is 31.2 Å². The number of hydrogen-bond donors (Lipinski definition) is 1. The summed E-state index contributed by atoms with van der Waals surface area (Å²) in [5.41, 5.74) is 9.98. The van der Waals surface area contributed by atoms with Crippen LogP contribution in [0.4, 0.5) is 5.82 Å². The first-order valence-electron chi connectivity index (χ1n) is 8.70. The molecule has 1 heterocycles. The molecule has 1 aliphatic rings. The molecule has 0 radical (unpaired) electrons. The average Bonchev–Trinajstić information content (AvgIpc) is 2.55. The van der Waals surface area contributed by atoms with Crippen LogP contribution in [0.1, 0.15) is 63.3 Å². The van der Waals surface area contributed by atoms with Crippen molar-refractivity contribution >= 4 is 5.82 Å². The number of pyridine rings is 1. The van der Waals surface area contributed by atoms with Crippen LogP contribution >= 0.6 is 0 Å². The molecule has 3 heteroatoms. The van der Waals surface area contributed by atoms with Gasteiger partial charge in [0, 0.05) is 30.9 Å². The van der Waals surface area contributed by atoms with Crippen LogP contribution in [0, 0.1) is 5.92 Å². The van der Waals surface area contributed by atoms with Crippen LogP contribution in [0.15, 0.2) is 6.07 Å². The first kappa shape index (κ1) is 16.3. The second-order valence-electron chi connectivity index (χ2n) is 6.21. The van der Waals surface area contributed by atoms with Crippen LogP contribution < -0.4 is 10.6 Å². The maximum absolute atomic E-state index is 6.01. The Bertz CT molecular complexity index is 452. The van der Waals surface area contributed by atoms with Gasteiger partial charge >= 0.3 is 0 Å². The molecule has 0 aliphatic heterocycles. The number of aryl methyl sites for hydroxylation is 2. The smallest absolute Gasteiger partial charge is 0.133 e. The van der Waals surface area contributed by atoms with Crippen LogP contribution in [0.5, 0.6) is 0 Å². The molecule has 1 aliphatic carbocycles. The van der Waals surface area contributed by atoms with Crippen molar-refractivity contribution < 1.29 is 0 Å². The fraction of sp³-hybridized carbons (Fsp3) is 0.722. The molecule has 2 N–H and O–H groups in total. The predicted molar refractivity (Wildman–Crippen MR) is 90.7 cm³/mol. The van der Waals surface area contributed by atoms with Crippen molar-refractivity contribution in [3.63, 3.8) is 0 Å². The molecule has 0 saturated heterocycles. The van der Waals surface area contributed by atoms with Gasteiger partial charge in [-0.3, -0.25) is 0 Å². The van der Waals surface area contributed by atoms with Gasteiger partial charge in [0.15, 0.2) is 0 Å². The minimum absolute atomic E-state index is 0.592. The molecule has 0 aromatic carbocycles. The topological polar surface area (TPSA) is 42.2 Å². The van der Waals surface area contributed by atoms with Crippen molar-refractivity contribution in [1.29, 1.82) is 0 Å². The van der Waals surface area contributed by atoms with E-state index >= 15 is 0 Å². The Hall–Kier alpha value is -1.09. The molecule has 0 amide bonds.